The molecule has 0 N–H and O–H groups in total. The van der Waals surface area contributed by atoms with Gasteiger partial charge in [-0.2, -0.15) is 5.26 Å². The highest BCUT2D eigenvalue weighted by atomic mass is 15.1. The largest absolute Gasteiger partial charge is 0.302 e. The summed E-state index contributed by atoms with van der Waals surface area (Å²) in [5, 5.41) is 8.79. The van der Waals surface area contributed by atoms with E-state index in [1.807, 2.05) is 6.92 Å². The normalized spacial score (nSPS) is 12.6. The average Bonchev–Trinajstić information content (AvgIpc) is 2.35. The first-order valence-corrected chi connectivity index (χ1v) is 7.36. The number of unbranched alkanes of at least 4 members (excludes halogenated alkanes) is 6. The Morgan fingerprint density at radius 2 is 1.59 bits per heavy atom. The van der Waals surface area contributed by atoms with Crippen LogP contribution in [0.1, 0.15) is 65.7 Å². The molecule has 0 saturated heterocycles. The van der Waals surface area contributed by atoms with E-state index in [1.54, 1.807) is 0 Å². The lowest BCUT2D eigenvalue weighted by Crippen LogP contribution is -2.29. The van der Waals surface area contributed by atoms with E-state index < -0.39 is 0 Å². The fourth-order valence-corrected chi connectivity index (χ4v) is 2.10. The third kappa shape index (κ3) is 10.3. The SMILES string of the molecule is CCCCCCCCCN(CC)CC(C)C#N. The highest BCUT2D eigenvalue weighted by Crippen LogP contribution is 2.08. The van der Waals surface area contributed by atoms with E-state index >= 15 is 0 Å². The predicted molar refractivity (Wildman–Crippen MR) is 74.9 cm³/mol. The third-order valence-corrected chi connectivity index (χ3v) is 3.28. The molecule has 0 amide bonds. The molecule has 0 aliphatic heterocycles. The molecule has 0 aromatic heterocycles. The molecule has 0 fully saturated rings. The molecule has 0 aromatic rings. The number of nitrogens with zero attached hydrogens (tertiary/aromatic N) is 2. The Labute approximate surface area is 108 Å². The zero-order chi connectivity index (χ0) is 12.9. The van der Waals surface area contributed by atoms with Crippen LogP contribution in [0.25, 0.3) is 0 Å². The fraction of sp³-hybridized carbons (Fsp3) is 0.933. The Hall–Kier alpha value is -0.550. The summed E-state index contributed by atoms with van der Waals surface area (Å²) in [6, 6.07) is 2.31. The van der Waals surface area contributed by atoms with Crippen molar-refractivity contribution in [2.24, 2.45) is 5.92 Å². The van der Waals surface area contributed by atoms with Crippen molar-refractivity contribution >= 4 is 0 Å². The van der Waals surface area contributed by atoms with Crippen molar-refractivity contribution in [3.63, 3.8) is 0 Å². The molecule has 2 heteroatoms. The molecule has 0 aliphatic rings. The molecule has 100 valence electrons. The molecule has 1 atom stereocenters. The van der Waals surface area contributed by atoms with E-state index in [0.717, 1.165) is 19.6 Å². The quantitative estimate of drug-likeness (QED) is 0.504. The third-order valence-electron chi connectivity index (χ3n) is 3.28. The molecular weight excluding hydrogens is 208 g/mol. The summed E-state index contributed by atoms with van der Waals surface area (Å²) in [5.74, 6) is 0.166. The topological polar surface area (TPSA) is 27.0 Å². The average molecular weight is 238 g/mol. The summed E-state index contributed by atoms with van der Waals surface area (Å²) in [6.45, 7) is 9.62. The van der Waals surface area contributed by atoms with Crippen molar-refractivity contribution in [1.82, 2.24) is 4.90 Å². The van der Waals surface area contributed by atoms with Crippen LogP contribution in [-0.2, 0) is 0 Å². The van der Waals surface area contributed by atoms with Gasteiger partial charge in [-0.25, -0.2) is 0 Å². The summed E-state index contributed by atoms with van der Waals surface area (Å²) < 4.78 is 0. The van der Waals surface area contributed by atoms with Gasteiger partial charge in [0.05, 0.1) is 12.0 Å². The minimum atomic E-state index is 0.166. The molecule has 0 radical (unpaired) electrons. The van der Waals surface area contributed by atoms with Gasteiger partial charge in [-0.3, -0.25) is 0 Å². The molecule has 0 rings (SSSR count). The van der Waals surface area contributed by atoms with E-state index in [0.29, 0.717) is 0 Å². The lowest BCUT2D eigenvalue weighted by molar-refractivity contribution is 0.262. The van der Waals surface area contributed by atoms with Crippen LogP contribution in [0.4, 0.5) is 0 Å². The number of hydrogen-bond donors (Lipinski definition) is 0. The number of hydrogen-bond acceptors (Lipinski definition) is 2. The molecule has 0 saturated carbocycles. The summed E-state index contributed by atoms with van der Waals surface area (Å²) in [7, 11) is 0. The Kier molecular flexibility index (Phi) is 11.5. The van der Waals surface area contributed by atoms with Gasteiger partial charge in [-0.05, 0) is 26.4 Å². The van der Waals surface area contributed by atoms with Crippen LogP contribution in [0.3, 0.4) is 0 Å². The first-order valence-electron chi connectivity index (χ1n) is 7.36. The van der Waals surface area contributed by atoms with Crippen LogP contribution in [0.2, 0.25) is 0 Å². The van der Waals surface area contributed by atoms with Gasteiger partial charge in [0.1, 0.15) is 0 Å². The minimum absolute atomic E-state index is 0.166. The standard InChI is InChI=1S/C15H30N2/c1-4-6-7-8-9-10-11-12-17(5-2)14-15(3)13-16/h15H,4-12,14H2,1-3H3. The molecule has 0 heterocycles. The van der Waals surface area contributed by atoms with E-state index in [1.165, 1.54) is 44.9 Å². The highest BCUT2D eigenvalue weighted by Gasteiger charge is 2.06. The van der Waals surface area contributed by atoms with Gasteiger partial charge >= 0.3 is 0 Å². The molecule has 0 bridgehead atoms. The van der Waals surface area contributed by atoms with Crippen LogP contribution in [0.15, 0.2) is 0 Å². The van der Waals surface area contributed by atoms with Crippen molar-refractivity contribution in [1.29, 1.82) is 5.26 Å². The summed E-state index contributed by atoms with van der Waals surface area (Å²) >= 11 is 0. The summed E-state index contributed by atoms with van der Waals surface area (Å²) in [4.78, 5) is 2.40. The van der Waals surface area contributed by atoms with Gasteiger partial charge in [0.25, 0.3) is 0 Å². The minimum Gasteiger partial charge on any atom is -0.302 e. The molecule has 2 nitrogen and oxygen atoms in total. The van der Waals surface area contributed by atoms with Gasteiger partial charge in [0, 0.05) is 6.54 Å². The summed E-state index contributed by atoms with van der Waals surface area (Å²) in [6.07, 6.45) is 9.54. The lowest BCUT2D eigenvalue weighted by atomic mass is 10.1. The monoisotopic (exact) mass is 238 g/mol. The molecule has 0 aliphatic carbocycles. The van der Waals surface area contributed by atoms with Crippen LogP contribution < -0.4 is 0 Å². The first kappa shape index (κ1) is 16.4. The fourth-order valence-electron chi connectivity index (χ4n) is 2.10. The predicted octanol–water partition coefficient (Wildman–Crippen LogP) is 4.22. The van der Waals surface area contributed by atoms with Gasteiger partial charge in [-0.1, -0.05) is 52.4 Å². The van der Waals surface area contributed by atoms with Crippen LogP contribution >= 0.6 is 0 Å². The Balaban J connectivity index is 3.41. The van der Waals surface area contributed by atoms with Gasteiger partial charge in [-0.15, -0.1) is 0 Å². The van der Waals surface area contributed by atoms with E-state index in [9.17, 15) is 0 Å². The van der Waals surface area contributed by atoms with E-state index in [2.05, 4.69) is 24.8 Å². The van der Waals surface area contributed by atoms with Crippen LogP contribution in [-0.4, -0.2) is 24.5 Å². The summed E-state index contributed by atoms with van der Waals surface area (Å²) in [5.41, 5.74) is 0. The Morgan fingerprint density at radius 3 is 2.12 bits per heavy atom. The maximum absolute atomic E-state index is 8.79. The number of nitriles is 1. The molecule has 17 heavy (non-hydrogen) atoms. The molecule has 1 unspecified atom stereocenters. The first-order chi connectivity index (χ1) is 8.24. The second-order valence-electron chi connectivity index (χ2n) is 5.04. The second-order valence-corrected chi connectivity index (χ2v) is 5.04. The van der Waals surface area contributed by atoms with Gasteiger partial charge in [0.2, 0.25) is 0 Å². The lowest BCUT2D eigenvalue weighted by Gasteiger charge is -2.21. The van der Waals surface area contributed by atoms with Crippen molar-refractivity contribution in [2.45, 2.75) is 65.7 Å². The molecule has 0 aromatic carbocycles. The van der Waals surface area contributed by atoms with Gasteiger partial charge < -0.3 is 4.90 Å². The zero-order valence-corrected chi connectivity index (χ0v) is 12.0. The zero-order valence-electron chi connectivity index (χ0n) is 12.0. The molecular formula is C15H30N2. The van der Waals surface area contributed by atoms with Crippen LogP contribution in [0.5, 0.6) is 0 Å². The van der Waals surface area contributed by atoms with Crippen molar-refractivity contribution < 1.29 is 0 Å². The number of rotatable bonds is 11. The Bertz CT molecular complexity index is 196. The van der Waals surface area contributed by atoms with Gasteiger partial charge in [0.15, 0.2) is 0 Å². The van der Waals surface area contributed by atoms with E-state index in [-0.39, 0.29) is 5.92 Å². The maximum Gasteiger partial charge on any atom is 0.0666 e. The van der Waals surface area contributed by atoms with Crippen molar-refractivity contribution in [3.05, 3.63) is 0 Å². The Morgan fingerprint density at radius 1 is 1.00 bits per heavy atom. The smallest absolute Gasteiger partial charge is 0.0666 e. The highest BCUT2D eigenvalue weighted by molar-refractivity contribution is 4.81. The second kappa shape index (κ2) is 11.9. The molecule has 0 spiro atoms. The van der Waals surface area contributed by atoms with E-state index in [4.69, 9.17) is 5.26 Å². The maximum atomic E-state index is 8.79. The van der Waals surface area contributed by atoms with Crippen LogP contribution in [0, 0.1) is 17.2 Å². The van der Waals surface area contributed by atoms with Crippen molar-refractivity contribution in [2.75, 3.05) is 19.6 Å². The van der Waals surface area contributed by atoms with Crippen molar-refractivity contribution in [3.8, 4) is 6.07 Å².